The number of halogens is 4. The molecule has 1 nitrogen and oxygen atoms in total. The van der Waals surface area contributed by atoms with Crippen LogP contribution in [0, 0.1) is 5.82 Å². The first-order valence-electron chi connectivity index (χ1n) is 6.26. The van der Waals surface area contributed by atoms with E-state index in [0.717, 1.165) is 25.3 Å². The number of carbonyl (C=O) groups excluding carboxylic acids is 1. The molecule has 0 amide bonds. The largest absolute Gasteiger partial charge is 0.417 e. The molecule has 19 heavy (non-hydrogen) atoms. The van der Waals surface area contributed by atoms with E-state index in [-0.39, 0.29) is 6.42 Å². The molecule has 0 bridgehead atoms. The van der Waals surface area contributed by atoms with Gasteiger partial charge in [-0.2, -0.15) is 13.2 Å². The van der Waals surface area contributed by atoms with Gasteiger partial charge in [0.05, 0.1) is 5.56 Å². The van der Waals surface area contributed by atoms with Crippen LogP contribution in [0.25, 0.3) is 0 Å². The molecule has 0 fully saturated rings. The van der Waals surface area contributed by atoms with Crippen molar-refractivity contribution in [2.24, 2.45) is 0 Å². The molecule has 0 radical (unpaired) electrons. The normalized spacial score (nSPS) is 11.6. The number of unbranched alkanes of at least 4 members (excludes halogenated alkanes) is 3. The Morgan fingerprint density at radius 2 is 1.84 bits per heavy atom. The Kier molecular flexibility index (Phi) is 5.51. The smallest absolute Gasteiger partial charge is 0.294 e. The third-order valence-electron chi connectivity index (χ3n) is 2.84. The molecule has 0 unspecified atom stereocenters. The number of rotatable bonds is 6. The second-order valence-corrected chi connectivity index (χ2v) is 4.42. The van der Waals surface area contributed by atoms with Gasteiger partial charge in [-0.3, -0.25) is 4.79 Å². The van der Waals surface area contributed by atoms with Crippen LogP contribution >= 0.6 is 0 Å². The van der Waals surface area contributed by atoms with Crippen molar-refractivity contribution in [2.45, 2.75) is 45.2 Å². The topological polar surface area (TPSA) is 17.1 Å². The van der Waals surface area contributed by atoms with Gasteiger partial charge in [0.2, 0.25) is 0 Å². The molecular formula is C14H16F4O. The Hall–Kier alpha value is -1.39. The van der Waals surface area contributed by atoms with Crippen LogP contribution < -0.4 is 0 Å². The van der Waals surface area contributed by atoms with E-state index in [9.17, 15) is 22.4 Å². The van der Waals surface area contributed by atoms with Crippen molar-refractivity contribution < 1.29 is 22.4 Å². The highest BCUT2D eigenvalue weighted by Gasteiger charge is 2.35. The zero-order valence-electron chi connectivity index (χ0n) is 10.7. The molecule has 5 heteroatoms. The highest BCUT2D eigenvalue weighted by molar-refractivity contribution is 5.97. The zero-order valence-corrected chi connectivity index (χ0v) is 10.7. The third kappa shape index (κ3) is 4.65. The van der Waals surface area contributed by atoms with E-state index in [1.807, 2.05) is 6.92 Å². The van der Waals surface area contributed by atoms with E-state index in [2.05, 4.69) is 0 Å². The fourth-order valence-electron chi connectivity index (χ4n) is 1.84. The lowest BCUT2D eigenvalue weighted by atomic mass is 9.99. The Labute approximate surface area is 109 Å². The molecule has 0 atom stereocenters. The molecule has 0 aliphatic carbocycles. The van der Waals surface area contributed by atoms with Gasteiger partial charge in [0.1, 0.15) is 5.82 Å². The van der Waals surface area contributed by atoms with E-state index in [1.54, 1.807) is 0 Å². The molecule has 1 rings (SSSR count). The van der Waals surface area contributed by atoms with Crippen molar-refractivity contribution in [3.8, 4) is 0 Å². The minimum Gasteiger partial charge on any atom is -0.294 e. The summed E-state index contributed by atoms with van der Waals surface area (Å²) in [6.45, 7) is 2.00. The van der Waals surface area contributed by atoms with E-state index in [4.69, 9.17) is 0 Å². The second kappa shape index (κ2) is 6.68. The first-order valence-corrected chi connectivity index (χ1v) is 6.26. The average molecular weight is 276 g/mol. The van der Waals surface area contributed by atoms with Crippen LogP contribution in [-0.4, -0.2) is 5.78 Å². The third-order valence-corrected chi connectivity index (χ3v) is 2.84. The summed E-state index contributed by atoms with van der Waals surface area (Å²) in [6.07, 6.45) is -1.39. The van der Waals surface area contributed by atoms with Crippen LogP contribution in [0.3, 0.4) is 0 Å². The molecule has 106 valence electrons. The Bertz CT molecular complexity index is 438. The monoisotopic (exact) mass is 276 g/mol. The summed E-state index contributed by atoms with van der Waals surface area (Å²) in [6, 6.07) is 2.01. The van der Waals surface area contributed by atoms with Crippen LogP contribution in [0.2, 0.25) is 0 Å². The number of benzene rings is 1. The lowest BCUT2D eigenvalue weighted by molar-refractivity contribution is -0.137. The van der Waals surface area contributed by atoms with Crippen LogP contribution in [-0.2, 0) is 6.18 Å². The van der Waals surface area contributed by atoms with Crippen LogP contribution in [0.15, 0.2) is 18.2 Å². The molecule has 0 N–H and O–H groups in total. The number of alkyl halides is 3. The number of Topliss-reactive ketones (excluding diaryl/α,β-unsaturated/α-hetero) is 1. The van der Waals surface area contributed by atoms with Gasteiger partial charge in [0.25, 0.3) is 0 Å². The minimum atomic E-state index is -4.64. The van der Waals surface area contributed by atoms with Gasteiger partial charge in [-0.05, 0) is 24.6 Å². The van der Waals surface area contributed by atoms with Crippen molar-refractivity contribution in [3.63, 3.8) is 0 Å². The van der Waals surface area contributed by atoms with Crippen molar-refractivity contribution in [3.05, 3.63) is 35.1 Å². The van der Waals surface area contributed by atoms with Crippen molar-refractivity contribution in [1.82, 2.24) is 0 Å². The molecule has 0 aliphatic rings. The molecule has 0 spiro atoms. The molecule has 1 aromatic rings. The number of carbonyl (C=O) groups is 1. The van der Waals surface area contributed by atoms with Crippen molar-refractivity contribution in [2.75, 3.05) is 0 Å². The van der Waals surface area contributed by atoms with Crippen LogP contribution in [0.5, 0.6) is 0 Å². The molecule has 1 aromatic carbocycles. The molecule has 0 saturated carbocycles. The van der Waals surface area contributed by atoms with Crippen molar-refractivity contribution >= 4 is 5.78 Å². The predicted molar refractivity (Wildman–Crippen MR) is 64.5 cm³/mol. The average Bonchev–Trinajstić information content (AvgIpc) is 2.32. The second-order valence-electron chi connectivity index (χ2n) is 4.42. The van der Waals surface area contributed by atoms with Crippen molar-refractivity contribution in [1.29, 1.82) is 0 Å². The zero-order chi connectivity index (χ0) is 14.5. The van der Waals surface area contributed by atoms with Gasteiger partial charge in [0, 0.05) is 12.0 Å². The van der Waals surface area contributed by atoms with Gasteiger partial charge in [-0.1, -0.05) is 26.2 Å². The van der Waals surface area contributed by atoms with Gasteiger partial charge in [-0.25, -0.2) is 4.39 Å². The summed E-state index contributed by atoms with van der Waals surface area (Å²) in [5, 5.41) is 0. The maximum atomic E-state index is 13.0. The minimum absolute atomic E-state index is 0.0204. The van der Waals surface area contributed by atoms with Gasteiger partial charge in [-0.15, -0.1) is 0 Å². The lowest BCUT2D eigenvalue weighted by Gasteiger charge is -2.12. The summed E-state index contributed by atoms with van der Waals surface area (Å²) in [5.41, 5.74) is -1.63. The number of hydrogen-bond acceptors (Lipinski definition) is 1. The molecule has 0 aromatic heterocycles. The maximum absolute atomic E-state index is 13.0. The molecule has 0 saturated heterocycles. The lowest BCUT2D eigenvalue weighted by Crippen LogP contribution is -2.13. The van der Waals surface area contributed by atoms with E-state index in [1.165, 1.54) is 0 Å². The highest BCUT2D eigenvalue weighted by atomic mass is 19.4. The maximum Gasteiger partial charge on any atom is 0.417 e. The molecular weight excluding hydrogens is 260 g/mol. The van der Waals surface area contributed by atoms with E-state index >= 15 is 0 Å². The quantitative estimate of drug-likeness (QED) is 0.406. The predicted octanol–water partition coefficient (Wildman–Crippen LogP) is 5.00. The standard InChI is InChI=1S/C14H16F4O/c1-2-3-4-5-6-13(19)11-9-10(15)7-8-12(11)14(16,17)18/h7-9H,2-6H2,1H3. The van der Waals surface area contributed by atoms with E-state index < -0.39 is 28.9 Å². The summed E-state index contributed by atoms with van der Waals surface area (Å²) >= 11 is 0. The summed E-state index contributed by atoms with van der Waals surface area (Å²) < 4.78 is 51.1. The van der Waals surface area contributed by atoms with E-state index in [0.29, 0.717) is 18.6 Å². The van der Waals surface area contributed by atoms with Gasteiger partial charge >= 0.3 is 6.18 Å². The molecule has 0 heterocycles. The van der Waals surface area contributed by atoms with Gasteiger partial charge < -0.3 is 0 Å². The number of hydrogen-bond donors (Lipinski definition) is 0. The summed E-state index contributed by atoms with van der Waals surface area (Å²) in [5.74, 6) is -1.48. The summed E-state index contributed by atoms with van der Waals surface area (Å²) in [4.78, 5) is 11.8. The number of ketones is 1. The summed E-state index contributed by atoms with van der Waals surface area (Å²) in [7, 11) is 0. The Balaban J connectivity index is 2.86. The molecule has 0 aliphatic heterocycles. The Morgan fingerprint density at radius 3 is 2.42 bits per heavy atom. The fourth-order valence-corrected chi connectivity index (χ4v) is 1.84. The Morgan fingerprint density at radius 1 is 1.16 bits per heavy atom. The SMILES string of the molecule is CCCCCCC(=O)c1cc(F)ccc1C(F)(F)F. The van der Waals surface area contributed by atoms with Crippen LogP contribution in [0.1, 0.15) is 54.9 Å². The first-order chi connectivity index (χ1) is 8.86. The van der Waals surface area contributed by atoms with Gasteiger partial charge in [0.15, 0.2) is 5.78 Å². The van der Waals surface area contributed by atoms with Crippen LogP contribution in [0.4, 0.5) is 17.6 Å². The first kappa shape index (κ1) is 15.7. The highest BCUT2D eigenvalue weighted by Crippen LogP contribution is 2.33. The fraction of sp³-hybridized carbons (Fsp3) is 0.500.